The first-order valence-electron chi connectivity index (χ1n) is 8.48. The van der Waals surface area contributed by atoms with Gasteiger partial charge in [0.25, 0.3) is 11.5 Å². The molecule has 10 heteroatoms. The fraction of sp³-hybridized carbons (Fsp3) is 0.500. The van der Waals surface area contributed by atoms with Crippen LogP contribution in [0.3, 0.4) is 0 Å². The van der Waals surface area contributed by atoms with E-state index < -0.39 is 34.7 Å². The third-order valence-electron chi connectivity index (χ3n) is 4.04. The summed E-state index contributed by atoms with van der Waals surface area (Å²) in [6, 6.07) is 3.01. The summed E-state index contributed by atoms with van der Waals surface area (Å²) in [5.41, 5.74) is -0.635. The van der Waals surface area contributed by atoms with Gasteiger partial charge >= 0.3 is 12.1 Å². The fourth-order valence-corrected chi connectivity index (χ4v) is 2.51. The third kappa shape index (κ3) is 4.31. The van der Waals surface area contributed by atoms with Gasteiger partial charge in [-0.25, -0.2) is 15.0 Å². The first-order valence-corrected chi connectivity index (χ1v) is 8.48. The Morgan fingerprint density at radius 2 is 1.89 bits per heavy atom. The molecule has 0 aliphatic heterocycles. The molecule has 1 aliphatic carbocycles. The zero-order valence-corrected chi connectivity index (χ0v) is 16.4. The number of nitrogens with zero attached hydrogens (tertiary/aromatic N) is 3. The number of nitrogens with one attached hydrogen (secondary N) is 1. The lowest BCUT2D eigenvalue weighted by Crippen LogP contribution is -2.46. The van der Waals surface area contributed by atoms with Crippen LogP contribution in [0.1, 0.15) is 54.3 Å². The Morgan fingerprint density at radius 3 is 2.36 bits per heavy atom. The maximum absolute atomic E-state index is 12.7. The van der Waals surface area contributed by atoms with Gasteiger partial charge in [0, 0.05) is 19.3 Å². The van der Waals surface area contributed by atoms with Crippen molar-refractivity contribution in [3.8, 4) is 6.07 Å². The molecule has 1 aromatic rings. The molecule has 0 spiro atoms. The van der Waals surface area contributed by atoms with Crippen LogP contribution in [0.2, 0.25) is 0 Å². The Labute approximate surface area is 161 Å². The Hall–Kier alpha value is -3.35. The lowest BCUT2D eigenvalue weighted by Gasteiger charge is -2.24. The van der Waals surface area contributed by atoms with Gasteiger partial charge in [-0.05, 0) is 33.6 Å². The van der Waals surface area contributed by atoms with Crippen molar-refractivity contribution in [1.82, 2.24) is 15.0 Å². The number of carbonyl (C=O) groups is 3. The summed E-state index contributed by atoms with van der Waals surface area (Å²) >= 11 is 0. The molecule has 1 heterocycles. The van der Waals surface area contributed by atoms with Gasteiger partial charge in [-0.3, -0.25) is 19.2 Å². The van der Waals surface area contributed by atoms with E-state index in [-0.39, 0.29) is 11.1 Å². The van der Waals surface area contributed by atoms with E-state index >= 15 is 0 Å². The number of rotatable bonds is 3. The second-order valence-corrected chi connectivity index (χ2v) is 7.42. The number of amides is 2. The minimum Gasteiger partial charge on any atom is -0.465 e. The average Bonchev–Trinajstić information content (AvgIpc) is 3.39. The molecule has 1 aromatic heterocycles. The van der Waals surface area contributed by atoms with E-state index in [9.17, 15) is 24.4 Å². The van der Waals surface area contributed by atoms with Crippen LogP contribution in [0, 0.1) is 11.3 Å². The Kier molecular flexibility index (Phi) is 5.50. The summed E-state index contributed by atoms with van der Waals surface area (Å²) in [5.74, 6) is -1.67. The number of methoxy groups -OCH3 is 1. The number of ether oxygens (including phenoxy) is 2. The minimum atomic E-state index is -1.01. The number of nitriles is 1. The SMILES string of the molecule is COC(=O)c1cn(C2(C#N)CC2)c(=O)cc1C(=O)N(C)NC(=O)OC(C)(C)C. The first kappa shape index (κ1) is 21.0. The van der Waals surface area contributed by atoms with Crippen molar-refractivity contribution in [1.29, 1.82) is 5.26 Å². The monoisotopic (exact) mass is 390 g/mol. The lowest BCUT2D eigenvalue weighted by molar-refractivity contribution is 0.0333. The molecule has 0 saturated heterocycles. The fourth-order valence-electron chi connectivity index (χ4n) is 2.51. The highest BCUT2D eigenvalue weighted by Gasteiger charge is 2.46. The van der Waals surface area contributed by atoms with Crippen molar-refractivity contribution in [2.75, 3.05) is 14.2 Å². The maximum Gasteiger partial charge on any atom is 0.426 e. The van der Waals surface area contributed by atoms with Crippen LogP contribution in [0.5, 0.6) is 0 Å². The second-order valence-electron chi connectivity index (χ2n) is 7.42. The molecule has 1 N–H and O–H groups in total. The zero-order valence-electron chi connectivity index (χ0n) is 16.4. The highest BCUT2D eigenvalue weighted by molar-refractivity contribution is 6.05. The Bertz CT molecular complexity index is 917. The van der Waals surface area contributed by atoms with Crippen LogP contribution in [-0.2, 0) is 15.0 Å². The van der Waals surface area contributed by atoms with Crippen molar-refractivity contribution < 1.29 is 23.9 Å². The van der Waals surface area contributed by atoms with Crippen molar-refractivity contribution in [3.63, 3.8) is 0 Å². The van der Waals surface area contributed by atoms with Crippen LogP contribution < -0.4 is 11.0 Å². The van der Waals surface area contributed by atoms with E-state index in [0.717, 1.165) is 28.9 Å². The van der Waals surface area contributed by atoms with E-state index in [0.29, 0.717) is 12.8 Å². The zero-order chi connectivity index (χ0) is 21.3. The predicted molar refractivity (Wildman–Crippen MR) is 96.3 cm³/mol. The largest absolute Gasteiger partial charge is 0.465 e. The molecule has 150 valence electrons. The standard InChI is InChI=1S/C18H22N4O6/c1-17(2,3)28-16(26)20-21(4)14(24)11-8-13(23)22(18(10-19)6-7-18)9-12(11)15(25)27-5/h8-9H,6-7H2,1-5H3,(H,20,26). The molecule has 2 amide bonds. The summed E-state index contributed by atoms with van der Waals surface area (Å²) in [7, 11) is 2.38. The predicted octanol–water partition coefficient (Wildman–Crippen LogP) is 1.16. The molecule has 0 radical (unpaired) electrons. The molecule has 28 heavy (non-hydrogen) atoms. The smallest absolute Gasteiger partial charge is 0.426 e. The first-order chi connectivity index (χ1) is 12.9. The summed E-state index contributed by atoms with van der Waals surface area (Å²) in [6.45, 7) is 4.98. The topological polar surface area (TPSA) is 131 Å². The van der Waals surface area contributed by atoms with Gasteiger partial charge in [0.15, 0.2) is 0 Å². The van der Waals surface area contributed by atoms with E-state index in [4.69, 9.17) is 9.47 Å². The molecule has 0 bridgehead atoms. The van der Waals surface area contributed by atoms with Gasteiger partial charge in [0.05, 0.1) is 24.3 Å². The molecule has 1 fully saturated rings. The highest BCUT2D eigenvalue weighted by Crippen LogP contribution is 2.41. The van der Waals surface area contributed by atoms with Crippen LogP contribution in [0.15, 0.2) is 17.1 Å². The summed E-state index contributed by atoms with van der Waals surface area (Å²) < 4.78 is 10.9. The molecule has 0 aromatic carbocycles. The summed E-state index contributed by atoms with van der Waals surface area (Å²) in [6.07, 6.45) is 1.21. The number of aromatic nitrogens is 1. The number of carbonyl (C=O) groups excluding carboxylic acids is 3. The Balaban J connectivity index is 2.38. The number of pyridine rings is 1. The van der Waals surface area contributed by atoms with Crippen LogP contribution in [0.25, 0.3) is 0 Å². The van der Waals surface area contributed by atoms with Gasteiger partial charge in [0.2, 0.25) is 0 Å². The van der Waals surface area contributed by atoms with Gasteiger partial charge in [-0.2, -0.15) is 5.26 Å². The quantitative estimate of drug-likeness (QED) is 0.605. The molecule has 0 unspecified atom stereocenters. The van der Waals surface area contributed by atoms with E-state index in [1.165, 1.54) is 7.05 Å². The van der Waals surface area contributed by atoms with Gasteiger partial charge in [-0.1, -0.05) is 0 Å². The van der Waals surface area contributed by atoms with Crippen LogP contribution in [-0.4, -0.2) is 47.3 Å². The lowest BCUT2D eigenvalue weighted by atomic mass is 10.1. The maximum atomic E-state index is 12.7. The molecular formula is C18H22N4O6. The van der Waals surface area contributed by atoms with Gasteiger partial charge in [0.1, 0.15) is 11.1 Å². The Morgan fingerprint density at radius 1 is 1.29 bits per heavy atom. The number of esters is 1. The van der Waals surface area contributed by atoms with E-state index in [1.54, 1.807) is 20.8 Å². The molecule has 10 nitrogen and oxygen atoms in total. The van der Waals surface area contributed by atoms with Crippen molar-refractivity contribution in [2.45, 2.75) is 44.8 Å². The molecule has 2 rings (SSSR count). The van der Waals surface area contributed by atoms with Gasteiger partial charge in [-0.15, -0.1) is 0 Å². The van der Waals surface area contributed by atoms with E-state index in [2.05, 4.69) is 11.5 Å². The molecular weight excluding hydrogens is 368 g/mol. The number of hydrazine groups is 1. The number of hydrogen-bond acceptors (Lipinski definition) is 7. The summed E-state index contributed by atoms with van der Waals surface area (Å²) in [5, 5.41) is 10.1. The van der Waals surface area contributed by atoms with Crippen molar-refractivity contribution in [2.24, 2.45) is 0 Å². The molecule has 1 saturated carbocycles. The second kappa shape index (κ2) is 7.34. The van der Waals surface area contributed by atoms with E-state index in [1.807, 2.05) is 0 Å². The highest BCUT2D eigenvalue weighted by atomic mass is 16.6. The van der Waals surface area contributed by atoms with Gasteiger partial charge < -0.3 is 9.47 Å². The normalized spacial score (nSPS) is 14.4. The third-order valence-corrected chi connectivity index (χ3v) is 4.04. The minimum absolute atomic E-state index is 0.188. The van der Waals surface area contributed by atoms with Crippen molar-refractivity contribution in [3.05, 3.63) is 33.7 Å². The van der Waals surface area contributed by atoms with Crippen LogP contribution >= 0.6 is 0 Å². The molecule has 1 aliphatic rings. The average molecular weight is 390 g/mol. The summed E-state index contributed by atoms with van der Waals surface area (Å²) in [4.78, 5) is 49.2. The number of hydrogen-bond donors (Lipinski definition) is 1. The molecule has 0 atom stereocenters. The van der Waals surface area contributed by atoms with Crippen LogP contribution in [0.4, 0.5) is 4.79 Å². The van der Waals surface area contributed by atoms with Crippen molar-refractivity contribution >= 4 is 18.0 Å².